The smallest absolute Gasteiger partial charge is 0.141 e. The van der Waals surface area contributed by atoms with Gasteiger partial charge in [-0.25, -0.2) is 4.39 Å². The molecule has 0 aliphatic heterocycles. The van der Waals surface area contributed by atoms with Crippen LogP contribution in [0.3, 0.4) is 0 Å². The van der Waals surface area contributed by atoms with E-state index in [4.69, 9.17) is 0 Å². The highest BCUT2D eigenvalue weighted by Crippen LogP contribution is 2.21. The van der Waals surface area contributed by atoms with Crippen LogP contribution in [0.25, 0.3) is 0 Å². The molecule has 0 unspecified atom stereocenters. The number of Topliss-reactive ketones (excluding diaryl/α,β-unsaturated/α-hetero) is 1. The molecule has 0 radical (unpaired) electrons. The Labute approximate surface area is 128 Å². The van der Waals surface area contributed by atoms with E-state index in [-0.39, 0.29) is 11.6 Å². The first-order chi connectivity index (χ1) is 9.06. The molecular formula is C15H11Br2FO. The summed E-state index contributed by atoms with van der Waals surface area (Å²) < 4.78 is 14.5. The van der Waals surface area contributed by atoms with Crippen molar-refractivity contribution in [3.63, 3.8) is 0 Å². The van der Waals surface area contributed by atoms with Crippen molar-refractivity contribution >= 4 is 37.6 Å². The summed E-state index contributed by atoms with van der Waals surface area (Å²) in [6, 6.07) is 12.0. The van der Waals surface area contributed by atoms with Crippen LogP contribution in [-0.2, 0) is 17.6 Å². The minimum absolute atomic E-state index is 0.0965. The topological polar surface area (TPSA) is 17.1 Å². The van der Waals surface area contributed by atoms with E-state index in [1.54, 1.807) is 6.07 Å². The summed E-state index contributed by atoms with van der Waals surface area (Å²) in [7, 11) is 0. The summed E-state index contributed by atoms with van der Waals surface area (Å²) >= 11 is 6.70. The molecule has 0 bridgehead atoms. The van der Waals surface area contributed by atoms with Crippen molar-refractivity contribution in [1.29, 1.82) is 0 Å². The molecule has 0 saturated heterocycles. The average molecular weight is 386 g/mol. The molecule has 0 aliphatic rings. The molecule has 0 amide bonds. The standard InChI is InChI=1S/C15H11Br2FO/c16-14-4-2-1-3-10(14)7-13(19)8-11-5-6-12(18)9-15(11)17/h1-6,9H,7-8H2. The lowest BCUT2D eigenvalue weighted by Crippen LogP contribution is -2.07. The number of rotatable bonds is 4. The number of benzene rings is 2. The Balaban J connectivity index is 2.08. The van der Waals surface area contributed by atoms with E-state index < -0.39 is 0 Å². The molecule has 2 rings (SSSR count). The normalized spacial score (nSPS) is 10.5. The molecule has 0 aromatic heterocycles. The highest BCUT2D eigenvalue weighted by molar-refractivity contribution is 9.10. The molecular weight excluding hydrogens is 375 g/mol. The van der Waals surface area contributed by atoms with Gasteiger partial charge in [0, 0.05) is 21.8 Å². The van der Waals surface area contributed by atoms with E-state index in [1.165, 1.54) is 12.1 Å². The van der Waals surface area contributed by atoms with Crippen LogP contribution in [0, 0.1) is 5.82 Å². The zero-order valence-corrected chi connectivity index (χ0v) is 13.2. The maximum atomic E-state index is 13.0. The minimum Gasteiger partial charge on any atom is -0.299 e. The van der Waals surface area contributed by atoms with Gasteiger partial charge in [0.25, 0.3) is 0 Å². The van der Waals surface area contributed by atoms with Crippen LogP contribution in [0.5, 0.6) is 0 Å². The Kier molecular flexibility index (Phi) is 4.88. The van der Waals surface area contributed by atoms with Crippen LogP contribution in [0.2, 0.25) is 0 Å². The minimum atomic E-state index is -0.311. The Morgan fingerprint density at radius 2 is 1.58 bits per heavy atom. The maximum absolute atomic E-state index is 13.0. The maximum Gasteiger partial charge on any atom is 0.141 e. The fourth-order valence-electron chi connectivity index (χ4n) is 1.79. The molecule has 4 heteroatoms. The van der Waals surface area contributed by atoms with Gasteiger partial charge in [0.05, 0.1) is 0 Å². The van der Waals surface area contributed by atoms with E-state index >= 15 is 0 Å². The summed E-state index contributed by atoms with van der Waals surface area (Å²) in [5, 5.41) is 0. The van der Waals surface area contributed by atoms with Crippen molar-refractivity contribution in [3.05, 3.63) is 68.4 Å². The highest BCUT2D eigenvalue weighted by Gasteiger charge is 2.10. The summed E-state index contributed by atoms with van der Waals surface area (Å²) in [6.07, 6.45) is 0.660. The van der Waals surface area contributed by atoms with E-state index in [0.717, 1.165) is 15.6 Å². The van der Waals surface area contributed by atoms with E-state index in [0.29, 0.717) is 17.3 Å². The molecule has 2 aromatic carbocycles. The third-order valence-electron chi connectivity index (χ3n) is 2.75. The first-order valence-electron chi connectivity index (χ1n) is 5.75. The predicted octanol–water partition coefficient (Wildman–Crippen LogP) is 4.71. The lowest BCUT2D eigenvalue weighted by molar-refractivity contribution is -0.117. The number of carbonyl (C=O) groups is 1. The summed E-state index contributed by atoms with van der Waals surface area (Å²) in [5.41, 5.74) is 1.77. The zero-order chi connectivity index (χ0) is 13.8. The molecule has 0 heterocycles. The third kappa shape index (κ3) is 3.98. The fourth-order valence-corrected chi connectivity index (χ4v) is 2.71. The molecule has 98 valence electrons. The Morgan fingerprint density at radius 3 is 2.21 bits per heavy atom. The lowest BCUT2D eigenvalue weighted by atomic mass is 10.0. The Morgan fingerprint density at radius 1 is 0.947 bits per heavy atom. The van der Waals surface area contributed by atoms with Crippen molar-refractivity contribution < 1.29 is 9.18 Å². The predicted molar refractivity (Wildman–Crippen MR) is 80.7 cm³/mol. The second kappa shape index (κ2) is 6.44. The number of halogens is 3. The van der Waals surface area contributed by atoms with E-state index in [9.17, 15) is 9.18 Å². The van der Waals surface area contributed by atoms with Crippen molar-refractivity contribution in [2.45, 2.75) is 12.8 Å². The SMILES string of the molecule is O=C(Cc1ccccc1Br)Cc1ccc(F)cc1Br. The molecule has 0 N–H and O–H groups in total. The summed E-state index contributed by atoms with van der Waals surface area (Å²) in [4.78, 5) is 12.0. The van der Waals surface area contributed by atoms with Gasteiger partial charge in [0.2, 0.25) is 0 Å². The lowest BCUT2D eigenvalue weighted by Gasteiger charge is -2.06. The number of ketones is 1. The molecule has 0 fully saturated rings. The molecule has 1 nitrogen and oxygen atoms in total. The van der Waals surface area contributed by atoms with Gasteiger partial charge in [-0.1, -0.05) is 56.1 Å². The van der Waals surface area contributed by atoms with Gasteiger partial charge in [0.15, 0.2) is 0 Å². The number of carbonyl (C=O) groups excluding carboxylic acids is 1. The van der Waals surface area contributed by atoms with Crippen LogP contribution in [0.15, 0.2) is 51.4 Å². The van der Waals surface area contributed by atoms with Gasteiger partial charge < -0.3 is 0 Å². The second-order valence-corrected chi connectivity index (χ2v) is 5.93. The van der Waals surface area contributed by atoms with Crippen LogP contribution in [0.1, 0.15) is 11.1 Å². The molecule has 0 saturated carbocycles. The number of hydrogen-bond donors (Lipinski definition) is 0. The third-order valence-corrected chi connectivity index (χ3v) is 4.26. The van der Waals surface area contributed by atoms with Crippen LogP contribution in [-0.4, -0.2) is 5.78 Å². The van der Waals surface area contributed by atoms with Gasteiger partial charge in [-0.2, -0.15) is 0 Å². The van der Waals surface area contributed by atoms with Crippen molar-refractivity contribution in [2.24, 2.45) is 0 Å². The van der Waals surface area contributed by atoms with E-state index in [1.807, 2.05) is 24.3 Å². The second-order valence-electron chi connectivity index (χ2n) is 4.22. The molecule has 0 spiro atoms. The van der Waals surface area contributed by atoms with Crippen LogP contribution < -0.4 is 0 Å². The van der Waals surface area contributed by atoms with Gasteiger partial charge in [-0.3, -0.25) is 4.79 Å². The van der Waals surface area contributed by atoms with Gasteiger partial charge in [-0.05, 0) is 29.3 Å². The largest absolute Gasteiger partial charge is 0.299 e. The quantitative estimate of drug-likeness (QED) is 0.745. The van der Waals surface area contributed by atoms with E-state index in [2.05, 4.69) is 31.9 Å². The van der Waals surface area contributed by atoms with Gasteiger partial charge in [-0.15, -0.1) is 0 Å². The first kappa shape index (κ1) is 14.4. The number of hydrogen-bond acceptors (Lipinski definition) is 1. The summed E-state index contributed by atoms with van der Waals surface area (Å²) in [6.45, 7) is 0. The Bertz CT molecular complexity index is 611. The van der Waals surface area contributed by atoms with Crippen LogP contribution in [0.4, 0.5) is 4.39 Å². The summed E-state index contributed by atoms with van der Waals surface area (Å²) in [5.74, 6) is -0.215. The zero-order valence-electron chi connectivity index (χ0n) is 10.00. The highest BCUT2D eigenvalue weighted by atomic mass is 79.9. The van der Waals surface area contributed by atoms with Crippen LogP contribution >= 0.6 is 31.9 Å². The van der Waals surface area contributed by atoms with Crippen molar-refractivity contribution in [2.75, 3.05) is 0 Å². The van der Waals surface area contributed by atoms with Gasteiger partial charge in [0.1, 0.15) is 11.6 Å². The monoisotopic (exact) mass is 384 g/mol. The first-order valence-corrected chi connectivity index (χ1v) is 7.34. The van der Waals surface area contributed by atoms with Gasteiger partial charge >= 0.3 is 0 Å². The van der Waals surface area contributed by atoms with Crippen molar-refractivity contribution in [3.8, 4) is 0 Å². The van der Waals surface area contributed by atoms with Crippen molar-refractivity contribution in [1.82, 2.24) is 0 Å². The molecule has 19 heavy (non-hydrogen) atoms. The fraction of sp³-hybridized carbons (Fsp3) is 0.133. The average Bonchev–Trinajstić information content (AvgIpc) is 2.36. The Hall–Kier alpha value is -1.00. The molecule has 2 aromatic rings. The molecule has 0 atom stereocenters. The molecule has 0 aliphatic carbocycles.